The van der Waals surface area contributed by atoms with Crippen molar-refractivity contribution in [3.63, 3.8) is 0 Å². The highest BCUT2D eigenvalue weighted by Crippen LogP contribution is 2.21. The fraction of sp³-hybridized carbons (Fsp3) is 0.298. The Morgan fingerprint density at radius 1 is 0.396 bits per heavy atom. The molecule has 9 aromatic carbocycles. The van der Waals surface area contributed by atoms with Gasteiger partial charge in [0.1, 0.15) is 35.1 Å². The zero-order chi connectivity index (χ0) is 77.0. The predicted molar refractivity (Wildman–Crippen MR) is 421 cm³/mol. The van der Waals surface area contributed by atoms with Crippen LogP contribution in [-0.4, -0.2) is 102 Å². The van der Waals surface area contributed by atoms with Crippen molar-refractivity contribution in [2.45, 2.75) is 141 Å². The van der Waals surface area contributed by atoms with E-state index >= 15 is 0 Å². The second-order valence-electron chi connectivity index (χ2n) is 27.0. The Labute approximate surface area is 640 Å². The first-order valence-corrected chi connectivity index (χ1v) is 36.4. The molecule has 0 heterocycles. The van der Waals surface area contributed by atoms with Crippen LogP contribution in [-0.2, 0) is 73.6 Å². The number of alkyl carbamates (subject to hydrolysis) is 2. The van der Waals surface area contributed by atoms with E-state index in [0.29, 0.717) is 69.9 Å². The van der Waals surface area contributed by atoms with Crippen LogP contribution in [0.25, 0.3) is 10.8 Å². The van der Waals surface area contributed by atoms with Gasteiger partial charge in [0.05, 0.1) is 6.04 Å². The molecule has 4 atom stereocenters. The van der Waals surface area contributed by atoms with Gasteiger partial charge in [0.2, 0.25) is 17.7 Å². The lowest BCUT2D eigenvalue weighted by Crippen LogP contribution is -2.49. The van der Waals surface area contributed by atoms with E-state index in [1.54, 1.807) is 126 Å². The van der Waals surface area contributed by atoms with Crippen LogP contribution in [0.5, 0.6) is 0 Å². The van der Waals surface area contributed by atoms with Crippen molar-refractivity contribution in [2.75, 3.05) is 19.6 Å². The number of rotatable bonds is 28. The number of carboxylic acid groups (broad SMARTS) is 1. The van der Waals surface area contributed by atoms with Gasteiger partial charge in [-0.25, -0.2) is 18.8 Å². The van der Waals surface area contributed by atoms with Gasteiger partial charge in [0.15, 0.2) is 0 Å². The third-order valence-electron chi connectivity index (χ3n) is 15.8. The molecule has 0 bridgehead atoms. The molecule has 17 nitrogen and oxygen atoms in total. The summed E-state index contributed by atoms with van der Waals surface area (Å²) in [6.45, 7) is 12.1. The molecule has 0 aliphatic heterocycles. The SMILES string of the molecule is CC(C)(C)OC(=O)N[C@@H](Cc1ccc(Cl)cc1)C(=O)NCCCc1ccccc1.CC(C)(C)OC(=O)N[C@@H](Cc1ccc(Cl)cc1)C(=O)O.N[C@@H](Cc1ccc(Cl)cc1)C(=O)NCCCc1ccccc1.O=C(N[C@@H](Cc1ccc(Cl)cc1)C(=O)NCCCc1ccccc1)c1ccc2cc(F)ccc2c1. The Kier molecular flexibility index (Phi) is 35.5. The number of halogens is 5. The van der Waals surface area contributed by atoms with Crippen LogP contribution in [0.2, 0.25) is 20.1 Å². The quantitative estimate of drug-likeness (QED) is 0.0214. The lowest BCUT2D eigenvalue weighted by molar-refractivity contribution is -0.139. The minimum absolute atomic E-state index is 0.108. The molecule has 0 radical (unpaired) electrons. The molecule has 9 aromatic rings. The smallest absolute Gasteiger partial charge is 0.408 e. The van der Waals surface area contributed by atoms with E-state index < -0.39 is 53.5 Å². The van der Waals surface area contributed by atoms with Crippen molar-refractivity contribution in [1.82, 2.24) is 31.9 Å². The van der Waals surface area contributed by atoms with Crippen LogP contribution in [0.15, 0.2) is 224 Å². The highest BCUT2D eigenvalue weighted by atomic mass is 35.5. The molecule has 22 heteroatoms. The zero-order valence-corrected chi connectivity index (χ0v) is 63.5. The topological polar surface area (TPSA) is 256 Å². The summed E-state index contributed by atoms with van der Waals surface area (Å²) in [6.07, 6.45) is 5.18. The molecule has 9 rings (SSSR count). The molecular formula is C84H94Cl4FN7O10. The van der Waals surface area contributed by atoms with Crippen molar-refractivity contribution in [2.24, 2.45) is 5.73 Å². The number of carboxylic acids is 1. The zero-order valence-electron chi connectivity index (χ0n) is 60.5. The van der Waals surface area contributed by atoms with Gasteiger partial charge < -0.3 is 52.2 Å². The fourth-order valence-electron chi connectivity index (χ4n) is 10.5. The van der Waals surface area contributed by atoms with Gasteiger partial charge in [0, 0.05) is 64.6 Å². The maximum Gasteiger partial charge on any atom is 0.408 e. The largest absolute Gasteiger partial charge is 0.480 e. The second kappa shape index (κ2) is 44.2. The number of carbonyl (C=O) groups excluding carboxylic acids is 6. The lowest BCUT2D eigenvalue weighted by atomic mass is 10.0. The monoisotopic (exact) mass is 1520 g/mol. The Balaban J connectivity index is 0.000000227. The summed E-state index contributed by atoms with van der Waals surface area (Å²) in [4.78, 5) is 85.7. The molecule has 0 spiro atoms. The molecule has 106 heavy (non-hydrogen) atoms. The number of carbonyl (C=O) groups is 7. The molecule has 560 valence electrons. The van der Waals surface area contributed by atoms with Gasteiger partial charge in [-0.15, -0.1) is 0 Å². The summed E-state index contributed by atoms with van der Waals surface area (Å²) in [7, 11) is 0. The molecule has 0 aliphatic rings. The Hall–Kier alpha value is -9.82. The normalized spacial score (nSPS) is 12.0. The molecule has 0 aliphatic carbocycles. The lowest BCUT2D eigenvalue weighted by Gasteiger charge is -2.23. The number of ether oxygens (including phenoxy) is 2. The number of nitrogens with one attached hydrogen (secondary N) is 6. The molecule has 0 saturated heterocycles. The van der Waals surface area contributed by atoms with E-state index in [1.165, 1.54) is 28.8 Å². The Morgan fingerprint density at radius 2 is 0.717 bits per heavy atom. The molecule has 0 aromatic heterocycles. The van der Waals surface area contributed by atoms with Crippen molar-refractivity contribution in [3.05, 3.63) is 295 Å². The minimum Gasteiger partial charge on any atom is -0.480 e. The Bertz CT molecular complexity index is 4210. The van der Waals surface area contributed by atoms with E-state index in [4.69, 9.17) is 66.7 Å². The molecule has 9 N–H and O–H groups in total. The third-order valence-corrected chi connectivity index (χ3v) is 16.8. The molecule has 0 fully saturated rings. The first-order chi connectivity index (χ1) is 50.5. The van der Waals surface area contributed by atoms with Gasteiger partial charge in [-0.1, -0.05) is 198 Å². The van der Waals surface area contributed by atoms with Gasteiger partial charge in [-0.2, -0.15) is 0 Å². The summed E-state index contributed by atoms with van der Waals surface area (Å²) in [5.41, 5.74) is 12.3. The minimum atomic E-state index is -1.12. The van der Waals surface area contributed by atoms with Crippen LogP contribution < -0.4 is 37.6 Å². The summed E-state index contributed by atoms with van der Waals surface area (Å²) >= 11 is 23.5. The summed E-state index contributed by atoms with van der Waals surface area (Å²) < 4.78 is 23.8. The third kappa shape index (κ3) is 34.0. The average Bonchev–Trinajstić information content (AvgIpc) is 0.817. The van der Waals surface area contributed by atoms with Gasteiger partial charge in [-0.05, 0) is 209 Å². The number of benzene rings is 9. The maximum absolute atomic E-state index is 13.5. The van der Waals surface area contributed by atoms with E-state index in [-0.39, 0.29) is 35.9 Å². The molecular weight excluding hydrogens is 1430 g/mol. The van der Waals surface area contributed by atoms with Gasteiger partial charge in [-0.3, -0.25) is 19.2 Å². The second-order valence-corrected chi connectivity index (χ2v) is 28.8. The van der Waals surface area contributed by atoms with Crippen molar-refractivity contribution in [3.8, 4) is 0 Å². The Morgan fingerprint density at radius 3 is 1.08 bits per heavy atom. The van der Waals surface area contributed by atoms with Crippen LogP contribution in [0, 0.1) is 5.82 Å². The first kappa shape index (κ1) is 85.1. The molecule has 0 saturated carbocycles. The van der Waals surface area contributed by atoms with Crippen LogP contribution >= 0.6 is 46.4 Å². The van der Waals surface area contributed by atoms with Crippen LogP contribution in [0.4, 0.5) is 14.0 Å². The van der Waals surface area contributed by atoms with Crippen molar-refractivity contribution >= 4 is 99.0 Å². The van der Waals surface area contributed by atoms with Crippen molar-refractivity contribution in [1.29, 1.82) is 0 Å². The highest BCUT2D eigenvalue weighted by Gasteiger charge is 2.27. The van der Waals surface area contributed by atoms with Crippen LogP contribution in [0.1, 0.15) is 110 Å². The summed E-state index contributed by atoms with van der Waals surface area (Å²) in [5, 5.41) is 29.7. The van der Waals surface area contributed by atoms with E-state index in [0.717, 1.165) is 66.2 Å². The number of hydrogen-bond donors (Lipinski definition) is 8. The first-order valence-electron chi connectivity index (χ1n) is 34.9. The van der Waals surface area contributed by atoms with Gasteiger partial charge in [0.25, 0.3) is 5.91 Å². The number of hydrogen-bond acceptors (Lipinski definition) is 10. The molecule has 6 amide bonds. The predicted octanol–water partition coefficient (Wildman–Crippen LogP) is 16.1. The number of aliphatic carboxylic acids is 1. The highest BCUT2D eigenvalue weighted by molar-refractivity contribution is 6.31. The maximum atomic E-state index is 13.5. The van der Waals surface area contributed by atoms with Gasteiger partial charge >= 0.3 is 18.2 Å². The average molecular weight is 1520 g/mol. The standard InChI is InChI=1S/C29H26ClFN2O2.C23H29ClN2O3.C18H21ClN2O.C14H18ClNO4/c30-25-13-8-21(9-14-25)17-27(29(35)32-16-4-7-20-5-2-1-3-6-20)33-28(34)24-11-10-23-19-26(31)15-12-22(23)18-24;1-23(2,3)29-22(28)26-20(16-18-11-13-19(24)14-12-18)21(27)25-15-7-10-17-8-5-4-6-9-17;19-16-10-8-15(9-11-16)13-17(20)18(22)21-12-4-7-14-5-2-1-3-6-14;1-14(2,3)20-13(19)16-11(12(17)18)8-9-4-6-10(15)7-5-9/h1-3,5-6,8-15,18-19,27H,4,7,16-17H2,(H,32,35)(H,33,34);4-6,8-9,11-14,20H,7,10,15-16H2,1-3H3,(H,25,27)(H,26,28);1-3,5-6,8-11,17H,4,7,12-13,20H2,(H,21,22);4-7,11H,8H2,1-3H3,(H,16,19)(H,17,18)/t27-;20-;17-;11-/m0000/s1. The summed E-state index contributed by atoms with van der Waals surface area (Å²) in [5.74, 6) is -2.41. The van der Waals surface area contributed by atoms with E-state index in [2.05, 4.69) is 68.3 Å². The number of aryl methyl sites for hydroxylation is 3. The van der Waals surface area contributed by atoms with E-state index in [9.17, 15) is 38.0 Å². The fourth-order valence-corrected chi connectivity index (χ4v) is 11.0. The number of fused-ring (bicyclic) bond motifs is 1. The van der Waals surface area contributed by atoms with E-state index in [1.807, 2.05) is 91.0 Å². The molecule has 0 unspecified atom stereocenters. The van der Waals surface area contributed by atoms with Crippen molar-refractivity contribution < 1.29 is 52.5 Å². The van der Waals surface area contributed by atoms with Crippen LogP contribution in [0.3, 0.4) is 0 Å². The summed E-state index contributed by atoms with van der Waals surface area (Å²) in [6, 6.07) is 65.4. The number of amides is 6. The number of nitrogens with two attached hydrogens (primary N) is 1.